The minimum atomic E-state index is -3.27. The molecule has 0 spiro atoms. The Kier molecular flexibility index (Phi) is 4.13. The van der Waals surface area contributed by atoms with Gasteiger partial charge in [-0.05, 0) is 18.2 Å². The first kappa shape index (κ1) is 11.0. The van der Waals surface area contributed by atoms with Crippen LogP contribution in [0.3, 0.4) is 0 Å². The van der Waals surface area contributed by atoms with Gasteiger partial charge in [0.25, 0.3) is 0 Å². The Balaban J connectivity index is 3.72. The molecule has 0 aromatic heterocycles. The third-order valence-electron chi connectivity index (χ3n) is 1.05. The number of carboxylic acid groups (broad SMARTS) is 1. The molecule has 0 aliphatic carbocycles. The normalized spacial score (nSPS) is 14.5. The molecule has 5 nitrogen and oxygen atoms in total. The van der Waals surface area contributed by atoms with Crippen molar-refractivity contribution in [3.8, 4) is 0 Å². The van der Waals surface area contributed by atoms with E-state index in [0.717, 1.165) is 0 Å². The third-order valence-corrected chi connectivity index (χ3v) is 2.44. The topological polar surface area (TPSA) is 104 Å². The molecule has 0 heterocycles. The lowest BCUT2D eigenvalue weighted by Gasteiger charge is -2.09. The second kappa shape index (κ2) is 4.13. The highest BCUT2D eigenvalue weighted by Gasteiger charge is 2.15. The van der Waals surface area contributed by atoms with Gasteiger partial charge in [-0.15, -0.1) is 0 Å². The first-order valence-corrected chi connectivity index (χ1v) is 5.75. The number of aliphatic carboxylic acids is 1. The molecule has 0 bridgehead atoms. The van der Waals surface area contributed by atoms with E-state index in [9.17, 15) is 4.79 Å². The molecule has 66 valence electrons. The zero-order valence-electron chi connectivity index (χ0n) is 5.67. The summed E-state index contributed by atoms with van der Waals surface area (Å²) >= 11 is 4.26. The molecule has 0 saturated heterocycles. The molecule has 0 amide bonds. The number of hydrogen-bond donors (Lipinski definition) is 4. The quantitative estimate of drug-likeness (QED) is 0.437. The minimum Gasteiger partial charge on any atom is -0.480 e. The summed E-state index contributed by atoms with van der Waals surface area (Å²) in [5.74, 6) is -1.16. The van der Waals surface area contributed by atoms with Gasteiger partial charge in [0.2, 0.25) is 0 Å². The summed E-state index contributed by atoms with van der Waals surface area (Å²) in [5.41, 5.74) is 5.07. The lowest BCUT2D eigenvalue weighted by atomic mass is 10.2. The predicted octanol–water partition coefficient (Wildman–Crippen LogP) is -0.918. The molecule has 5 N–H and O–H groups in total. The Bertz CT molecular complexity index is 191. The molecule has 0 aromatic rings. The van der Waals surface area contributed by atoms with E-state index >= 15 is 0 Å². The largest absolute Gasteiger partial charge is 0.480 e. The van der Waals surface area contributed by atoms with Crippen LogP contribution in [-0.4, -0.2) is 33.1 Å². The number of rotatable bonds is 4. The molecule has 0 fully saturated rings. The smallest absolute Gasteiger partial charge is 0.320 e. The highest BCUT2D eigenvalue weighted by Crippen LogP contribution is 2.35. The van der Waals surface area contributed by atoms with Crippen LogP contribution in [0.4, 0.5) is 0 Å². The Hall–Kier alpha value is 0. The molecule has 0 unspecified atom stereocenters. The van der Waals surface area contributed by atoms with Gasteiger partial charge >= 0.3 is 5.97 Å². The molecule has 0 saturated carbocycles. The molecule has 7 heteroatoms. The maximum absolute atomic E-state index is 10.1. The van der Waals surface area contributed by atoms with Gasteiger partial charge in [-0.25, -0.2) is 0 Å². The minimum absolute atomic E-state index is 0.000386. The molecule has 11 heavy (non-hydrogen) atoms. The van der Waals surface area contributed by atoms with E-state index in [4.69, 9.17) is 20.6 Å². The number of carboxylic acids is 1. The standard InChI is InChI=1S/C4H10NO4PS/c5-3(4(6)7)1-2-10(8,9)11/h3H,1-2,5H2,(H,6,7)(H2,8,9,11)/t3-/m1/s1. The predicted molar refractivity (Wildman–Crippen MR) is 43.8 cm³/mol. The second-order valence-electron chi connectivity index (χ2n) is 2.12. The SMILES string of the molecule is N[C@H](CCP(O)(O)=S)C(=O)O. The summed E-state index contributed by atoms with van der Waals surface area (Å²) in [6, 6.07) is -1.06. The Morgan fingerprint density at radius 1 is 1.64 bits per heavy atom. The van der Waals surface area contributed by atoms with Crippen molar-refractivity contribution in [2.24, 2.45) is 5.73 Å². The Morgan fingerprint density at radius 3 is 2.36 bits per heavy atom. The number of carbonyl (C=O) groups is 1. The maximum Gasteiger partial charge on any atom is 0.320 e. The summed E-state index contributed by atoms with van der Waals surface area (Å²) in [7, 11) is 0. The van der Waals surface area contributed by atoms with E-state index in [1.54, 1.807) is 0 Å². The van der Waals surface area contributed by atoms with E-state index in [0.29, 0.717) is 0 Å². The molecule has 0 aromatic carbocycles. The van der Waals surface area contributed by atoms with Gasteiger partial charge in [-0.2, -0.15) is 0 Å². The van der Waals surface area contributed by atoms with E-state index in [1.165, 1.54) is 0 Å². The van der Waals surface area contributed by atoms with Crippen LogP contribution < -0.4 is 5.73 Å². The lowest BCUT2D eigenvalue weighted by Crippen LogP contribution is -2.30. The average molecular weight is 199 g/mol. The van der Waals surface area contributed by atoms with Gasteiger partial charge in [-0.3, -0.25) is 4.79 Å². The van der Waals surface area contributed by atoms with Crippen LogP contribution in [0.25, 0.3) is 0 Å². The number of hydrogen-bond acceptors (Lipinski definition) is 3. The second-order valence-corrected chi connectivity index (χ2v) is 5.65. The van der Waals surface area contributed by atoms with Crippen molar-refractivity contribution in [1.82, 2.24) is 0 Å². The van der Waals surface area contributed by atoms with Crippen molar-refractivity contribution in [2.45, 2.75) is 12.5 Å². The lowest BCUT2D eigenvalue weighted by molar-refractivity contribution is -0.138. The van der Waals surface area contributed by atoms with Crippen molar-refractivity contribution < 1.29 is 19.7 Å². The van der Waals surface area contributed by atoms with Crippen LogP contribution in [0.1, 0.15) is 6.42 Å². The molecule has 0 aliphatic rings. The summed E-state index contributed by atoms with van der Waals surface area (Å²) in [6.07, 6.45) is -0.116. The monoisotopic (exact) mass is 199 g/mol. The molecule has 0 rings (SSSR count). The molecule has 0 radical (unpaired) electrons. The van der Waals surface area contributed by atoms with Crippen molar-refractivity contribution in [3.63, 3.8) is 0 Å². The fourth-order valence-corrected chi connectivity index (χ4v) is 1.36. The summed E-state index contributed by atoms with van der Waals surface area (Å²) < 4.78 is 0. The van der Waals surface area contributed by atoms with Crippen LogP contribution in [0.2, 0.25) is 0 Å². The molecular weight excluding hydrogens is 189 g/mol. The summed E-state index contributed by atoms with van der Waals surface area (Å²) in [5, 5.41) is 8.27. The zero-order valence-corrected chi connectivity index (χ0v) is 7.39. The van der Waals surface area contributed by atoms with Crippen molar-refractivity contribution in [3.05, 3.63) is 0 Å². The van der Waals surface area contributed by atoms with Crippen molar-refractivity contribution >= 4 is 24.3 Å². The first-order valence-electron chi connectivity index (χ1n) is 2.86. The van der Waals surface area contributed by atoms with Gasteiger partial charge in [0.1, 0.15) is 6.04 Å². The third kappa shape index (κ3) is 6.40. The van der Waals surface area contributed by atoms with E-state index in [-0.39, 0.29) is 12.6 Å². The van der Waals surface area contributed by atoms with Gasteiger partial charge in [0.05, 0.1) is 0 Å². The molecule has 1 atom stereocenters. The first-order chi connectivity index (χ1) is 4.83. The average Bonchev–Trinajstić information content (AvgIpc) is 1.80. The van der Waals surface area contributed by atoms with Crippen LogP contribution in [0.15, 0.2) is 0 Å². The fraction of sp³-hybridized carbons (Fsp3) is 0.750. The number of nitrogens with two attached hydrogens (primary N) is 1. The molecule has 0 aliphatic heterocycles. The zero-order chi connectivity index (χ0) is 9.07. The van der Waals surface area contributed by atoms with Crippen molar-refractivity contribution in [2.75, 3.05) is 6.16 Å². The molecular formula is C4H10NO4PS. The van der Waals surface area contributed by atoms with Gasteiger partial charge in [0.15, 0.2) is 6.49 Å². The van der Waals surface area contributed by atoms with Gasteiger partial charge < -0.3 is 20.6 Å². The van der Waals surface area contributed by atoms with Gasteiger partial charge in [0, 0.05) is 6.16 Å². The Labute approximate surface area is 69.0 Å². The highest BCUT2D eigenvalue weighted by atomic mass is 32.5. The van der Waals surface area contributed by atoms with Crippen molar-refractivity contribution in [1.29, 1.82) is 0 Å². The maximum atomic E-state index is 10.1. The summed E-state index contributed by atoms with van der Waals surface area (Å²) in [4.78, 5) is 27.5. The highest BCUT2D eigenvalue weighted by molar-refractivity contribution is 8.09. The fourth-order valence-electron chi connectivity index (χ4n) is 0.431. The van der Waals surface area contributed by atoms with Crippen LogP contribution >= 0.6 is 6.49 Å². The van der Waals surface area contributed by atoms with E-state index in [1.807, 2.05) is 0 Å². The van der Waals surface area contributed by atoms with Crippen LogP contribution in [-0.2, 0) is 16.6 Å². The van der Waals surface area contributed by atoms with E-state index in [2.05, 4.69) is 11.8 Å². The van der Waals surface area contributed by atoms with E-state index < -0.39 is 18.5 Å². The van der Waals surface area contributed by atoms with Crippen LogP contribution in [0.5, 0.6) is 0 Å². The Morgan fingerprint density at radius 2 is 2.09 bits per heavy atom. The van der Waals surface area contributed by atoms with Crippen LogP contribution in [0, 0.1) is 0 Å². The van der Waals surface area contributed by atoms with Gasteiger partial charge in [-0.1, -0.05) is 0 Å². The summed E-state index contributed by atoms with van der Waals surface area (Å²) in [6.45, 7) is -3.27.